The molecule has 1 aliphatic heterocycles. The standard InChI is InChI=1S/C21H24ClN3O2/c1-16(26)23-20-7-5-17(6-8-20)9-10-24-11-13-25(14-12-24)21(27)18-3-2-4-19(22)15-18/h2-8,15H,9-14H2,1H3,(H,23,26). The number of carbonyl (C=O) groups is 2. The molecule has 2 amide bonds. The predicted octanol–water partition coefficient (Wildman–Crippen LogP) is 3.30. The van der Waals surface area contributed by atoms with Crippen molar-refractivity contribution in [1.29, 1.82) is 0 Å². The quantitative estimate of drug-likeness (QED) is 0.859. The van der Waals surface area contributed by atoms with Crippen molar-refractivity contribution in [3.63, 3.8) is 0 Å². The van der Waals surface area contributed by atoms with E-state index < -0.39 is 0 Å². The van der Waals surface area contributed by atoms with Crippen LogP contribution in [0, 0.1) is 0 Å². The highest BCUT2D eigenvalue weighted by Crippen LogP contribution is 2.15. The summed E-state index contributed by atoms with van der Waals surface area (Å²) in [5.41, 5.74) is 2.70. The first kappa shape index (κ1) is 19.4. The first-order valence-corrected chi connectivity index (χ1v) is 9.53. The Labute approximate surface area is 164 Å². The molecule has 0 radical (unpaired) electrons. The summed E-state index contributed by atoms with van der Waals surface area (Å²) >= 11 is 5.99. The van der Waals surface area contributed by atoms with Crippen molar-refractivity contribution >= 4 is 29.1 Å². The normalized spacial score (nSPS) is 14.8. The van der Waals surface area contributed by atoms with E-state index in [1.54, 1.807) is 12.1 Å². The fraction of sp³-hybridized carbons (Fsp3) is 0.333. The van der Waals surface area contributed by atoms with Crippen LogP contribution in [-0.2, 0) is 11.2 Å². The molecule has 0 aliphatic carbocycles. The molecule has 27 heavy (non-hydrogen) atoms. The first-order chi connectivity index (χ1) is 13.0. The molecule has 1 aliphatic rings. The minimum absolute atomic E-state index is 0.0470. The SMILES string of the molecule is CC(=O)Nc1ccc(CCN2CCN(C(=O)c3cccc(Cl)c3)CC2)cc1. The van der Waals surface area contributed by atoms with E-state index in [1.807, 2.05) is 41.3 Å². The van der Waals surface area contributed by atoms with E-state index in [-0.39, 0.29) is 11.8 Å². The van der Waals surface area contributed by atoms with Gasteiger partial charge in [0.25, 0.3) is 5.91 Å². The van der Waals surface area contributed by atoms with E-state index in [1.165, 1.54) is 12.5 Å². The van der Waals surface area contributed by atoms with Gasteiger partial charge in [-0.3, -0.25) is 14.5 Å². The van der Waals surface area contributed by atoms with Crippen LogP contribution >= 0.6 is 11.6 Å². The maximum atomic E-state index is 12.6. The zero-order chi connectivity index (χ0) is 19.2. The lowest BCUT2D eigenvalue weighted by molar-refractivity contribution is -0.114. The molecule has 0 aromatic heterocycles. The Kier molecular flexibility index (Phi) is 6.48. The number of hydrogen-bond donors (Lipinski definition) is 1. The van der Waals surface area contributed by atoms with Crippen molar-refractivity contribution in [2.24, 2.45) is 0 Å². The zero-order valence-electron chi connectivity index (χ0n) is 15.5. The van der Waals surface area contributed by atoms with Crippen LogP contribution in [0.4, 0.5) is 5.69 Å². The molecule has 1 N–H and O–H groups in total. The Bertz CT molecular complexity index is 799. The van der Waals surface area contributed by atoms with Gasteiger partial charge in [0, 0.05) is 55.9 Å². The molecule has 1 saturated heterocycles. The van der Waals surface area contributed by atoms with Crippen molar-refractivity contribution in [3.8, 4) is 0 Å². The van der Waals surface area contributed by atoms with Crippen molar-refractivity contribution in [1.82, 2.24) is 9.80 Å². The van der Waals surface area contributed by atoms with Gasteiger partial charge in [-0.15, -0.1) is 0 Å². The summed E-state index contributed by atoms with van der Waals surface area (Å²) in [7, 11) is 0. The summed E-state index contributed by atoms with van der Waals surface area (Å²) in [4.78, 5) is 27.9. The van der Waals surface area contributed by atoms with Crippen molar-refractivity contribution in [2.75, 3.05) is 38.0 Å². The Morgan fingerprint density at radius 2 is 1.74 bits per heavy atom. The van der Waals surface area contributed by atoms with E-state index >= 15 is 0 Å². The molecule has 5 nitrogen and oxygen atoms in total. The Balaban J connectivity index is 1.45. The van der Waals surface area contributed by atoms with Crippen molar-refractivity contribution < 1.29 is 9.59 Å². The third-order valence-electron chi connectivity index (χ3n) is 4.72. The Morgan fingerprint density at radius 1 is 1.04 bits per heavy atom. The van der Waals surface area contributed by atoms with Crippen molar-refractivity contribution in [2.45, 2.75) is 13.3 Å². The maximum absolute atomic E-state index is 12.6. The minimum Gasteiger partial charge on any atom is -0.336 e. The topological polar surface area (TPSA) is 52.7 Å². The van der Waals surface area contributed by atoms with E-state index in [2.05, 4.69) is 10.2 Å². The van der Waals surface area contributed by atoms with Gasteiger partial charge in [0.15, 0.2) is 0 Å². The first-order valence-electron chi connectivity index (χ1n) is 9.15. The maximum Gasteiger partial charge on any atom is 0.253 e. The van der Waals surface area contributed by atoms with Crippen LogP contribution < -0.4 is 5.32 Å². The lowest BCUT2D eigenvalue weighted by Gasteiger charge is -2.34. The van der Waals surface area contributed by atoms with Gasteiger partial charge in [-0.05, 0) is 42.3 Å². The molecule has 142 valence electrons. The lowest BCUT2D eigenvalue weighted by atomic mass is 10.1. The second-order valence-corrected chi connectivity index (χ2v) is 7.21. The Hall–Kier alpha value is -2.37. The summed E-state index contributed by atoms with van der Waals surface area (Å²) in [6.07, 6.45) is 0.947. The molecule has 2 aromatic carbocycles. The molecule has 6 heteroatoms. The van der Waals surface area contributed by atoms with Crippen LogP contribution in [0.5, 0.6) is 0 Å². The molecule has 0 unspecified atom stereocenters. The summed E-state index contributed by atoms with van der Waals surface area (Å²) in [5.74, 6) is -0.0151. The summed E-state index contributed by atoms with van der Waals surface area (Å²) in [6.45, 7) is 5.66. The monoisotopic (exact) mass is 385 g/mol. The number of piperazine rings is 1. The van der Waals surface area contributed by atoms with Crippen LogP contribution in [-0.4, -0.2) is 54.3 Å². The average molecular weight is 386 g/mol. The molecule has 0 atom stereocenters. The number of anilines is 1. The molecule has 0 bridgehead atoms. The van der Waals surface area contributed by atoms with Crippen LogP contribution in [0.3, 0.4) is 0 Å². The molecule has 1 heterocycles. The fourth-order valence-corrected chi connectivity index (χ4v) is 3.41. The highest BCUT2D eigenvalue weighted by Gasteiger charge is 2.22. The van der Waals surface area contributed by atoms with Gasteiger partial charge in [0.1, 0.15) is 0 Å². The van der Waals surface area contributed by atoms with Crippen LogP contribution in [0.1, 0.15) is 22.8 Å². The van der Waals surface area contributed by atoms with Crippen LogP contribution in [0.25, 0.3) is 0 Å². The molecule has 1 fully saturated rings. The number of nitrogens with one attached hydrogen (secondary N) is 1. The van der Waals surface area contributed by atoms with Crippen LogP contribution in [0.2, 0.25) is 5.02 Å². The van der Waals surface area contributed by atoms with Gasteiger partial charge >= 0.3 is 0 Å². The minimum atomic E-state index is -0.0621. The lowest BCUT2D eigenvalue weighted by Crippen LogP contribution is -2.49. The number of carbonyl (C=O) groups excluding carboxylic acids is 2. The van der Waals surface area contributed by atoms with E-state index in [0.717, 1.165) is 44.8 Å². The predicted molar refractivity (Wildman–Crippen MR) is 108 cm³/mol. The number of benzene rings is 2. The van der Waals surface area contributed by atoms with E-state index in [4.69, 9.17) is 11.6 Å². The number of nitrogens with zero attached hydrogens (tertiary/aromatic N) is 2. The highest BCUT2D eigenvalue weighted by molar-refractivity contribution is 6.30. The summed E-state index contributed by atoms with van der Waals surface area (Å²) in [6, 6.07) is 15.1. The smallest absolute Gasteiger partial charge is 0.253 e. The fourth-order valence-electron chi connectivity index (χ4n) is 3.22. The van der Waals surface area contributed by atoms with Gasteiger partial charge in [-0.25, -0.2) is 0 Å². The molecule has 0 saturated carbocycles. The number of rotatable bonds is 5. The average Bonchev–Trinajstić information content (AvgIpc) is 2.67. The summed E-state index contributed by atoms with van der Waals surface area (Å²) < 4.78 is 0. The molecular weight excluding hydrogens is 362 g/mol. The van der Waals surface area contributed by atoms with Crippen molar-refractivity contribution in [3.05, 3.63) is 64.7 Å². The zero-order valence-corrected chi connectivity index (χ0v) is 16.2. The van der Waals surface area contributed by atoms with Gasteiger partial charge < -0.3 is 10.2 Å². The second-order valence-electron chi connectivity index (χ2n) is 6.77. The third kappa shape index (κ3) is 5.55. The molecular formula is C21H24ClN3O2. The number of hydrogen-bond acceptors (Lipinski definition) is 3. The Morgan fingerprint density at radius 3 is 2.37 bits per heavy atom. The summed E-state index contributed by atoms with van der Waals surface area (Å²) in [5, 5.41) is 3.36. The molecule has 3 rings (SSSR count). The third-order valence-corrected chi connectivity index (χ3v) is 4.96. The highest BCUT2D eigenvalue weighted by atomic mass is 35.5. The largest absolute Gasteiger partial charge is 0.336 e. The van der Waals surface area contributed by atoms with Gasteiger partial charge in [0.2, 0.25) is 5.91 Å². The van der Waals surface area contributed by atoms with Gasteiger partial charge in [-0.2, -0.15) is 0 Å². The molecule has 2 aromatic rings. The number of halogens is 1. The number of amides is 2. The van der Waals surface area contributed by atoms with Crippen LogP contribution in [0.15, 0.2) is 48.5 Å². The van der Waals surface area contributed by atoms with Gasteiger partial charge in [-0.1, -0.05) is 29.8 Å². The second kappa shape index (κ2) is 9.02. The van der Waals surface area contributed by atoms with E-state index in [0.29, 0.717) is 10.6 Å². The molecule has 0 spiro atoms. The van der Waals surface area contributed by atoms with Gasteiger partial charge in [0.05, 0.1) is 0 Å². The van der Waals surface area contributed by atoms with E-state index in [9.17, 15) is 9.59 Å².